The molecule has 150 valence electrons. The van der Waals surface area contributed by atoms with Gasteiger partial charge in [-0.3, -0.25) is 14.4 Å². The Labute approximate surface area is 165 Å². The lowest BCUT2D eigenvalue weighted by Crippen LogP contribution is -2.50. The fourth-order valence-electron chi connectivity index (χ4n) is 3.11. The molecule has 1 aromatic rings. The molecule has 0 bridgehead atoms. The molecule has 28 heavy (non-hydrogen) atoms. The van der Waals surface area contributed by atoms with Crippen molar-refractivity contribution in [2.45, 2.75) is 44.7 Å². The van der Waals surface area contributed by atoms with Crippen molar-refractivity contribution >= 4 is 30.1 Å². The summed E-state index contributed by atoms with van der Waals surface area (Å²) in [6.07, 6.45) is 5.88. The minimum atomic E-state index is -0.757. The van der Waals surface area contributed by atoms with Gasteiger partial charge in [-0.25, -0.2) is 0 Å². The molecular formula is C21H27N3O4. The van der Waals surface area contributed by atoms with Gasteiger partial charge in [0.05, 0.1) is 6.04 Å². The van der Waals surface area contributed by atoms with Crippen molar-refractivity contribution in [2.75, 3.05) is 6.54 Å². The molecule has 1 aliphatic heterocycles. The van der Waals surface area contributed by atoms with Gasteiger partial charge in [-0.2, -0.15) is 0 Å². The topological polar surface area (TPSA) is 104 Å². The second-order valence-electron chi connectivity index (χ2n) is 6.83. The number of hydrogen-bond acceptors (Lipinski definition) is 4. The van der Waals surface area contributed by atoms with Crippen LogP contribution in [0.1, 0.15) is 38.2 Å². The summed E-state index contributed by atoms with van der Waals surface area (Å²) in [5, 5.41) is 8.05. The lowest BCUT2D eigenvalue weighted by molar-refractivity contribution is -0.130. The maximum Gasteiger partial charge on any atom is 0.244 e. The van der Waals surface area contributed by atoms with Gasteiger partial charge in [0.15, 0.2) is 0 Å². The van der Waals surface area contributed by atoms with Gasteiger partial charge in [0.1, 0.15) is 12.3 Å². The molecule has 1 aliphatic rings. The van der Waals surface area contributed by atoms with Crippen LogP contribution in [0.25, 0.3) is 6.08 Å². The molecule has 0 unspecified atom stereocenters. The average Bonchev–Trinajstić information content (AvgIpc) is 2.72. The van der Waals surface area contributed by atoms with E-state index < -0.39 is 18.0 Å². The number of amides is 3. The molecule has 0 radical (unpaired) electrons. The highest BCUT2D eigenvalue weighted by molar-refractivity contribution is 5.96. The van der Waals surface area contributed by atoms with E-state index in [9.17, 15) is 19.2 Å². The van der Waals surface area contributed by atoms with Gasteiger partial charge in [0.25, 0.3) is 0 Å². The number of carbonyl (C=O) groups is 4. The number of rotatable bonds is 9. The molecule has 3 amide bonds. The van der Waals surface area contributed by atoms with E-state index in [0.29, 0.717) is 25.7 Å². The fraction of sp³-hybridized carbons (Fsp3) is 0.429. The Kier molecular flexibility index (Phi) is 8.39. The number of benzene rings is 1. The van der Waals surface area contributed by atoms with E-state index in [1.807, 2.05) is 30.3 Å². The Bertz CT molecular complexity index is 718. The Morgan fingerprint density at radius 2 is 2.00 bits per heavy atom. The Hall–Kier alpha value is -2.96. The first-order chi connectivity index (χ1) is 13.5. The van der Waals surface area contributed by atoms with Gasteiger partial charge in [-0.15, -0.1) is 0 Å². The van der Waals surface area contributed by atoms with Crippen molar-refractivity contribution in [3.63, 3.8) is 0 Å². The van der Waals surface area contributed by atoms with E-state index >= 15 is 0 Å². The molecule has 1 aromatic carbocycles. The number of carbonyl (C=O) groups excluding carboxylic acids is 4. The van der Waals surface area contributed by atoms with Crippen LogP contribution in [0, 0.1) is 5.92 Å². The molecule has 7 heteroatoms. The molecule has 1 saturated heterocycles. The zero-order valence-electron chi connectivity index (χ0n) is 16.0. The van der Waals surface area contributed by atoms with Crippen LogP contribution in [0.5, 0.6) is 0 Å². The molecule has 0 spiro atoms. The third kappa shape index (κ3) is 6.64. The molecular weight excluding hydrogens is 358 g/mol. The van der Waals surface area contributed by atoms with Crippen LogP contribution in [-0.4, -0.2) is 42.6 Å². The standard InChI is InChI=1S/C21H27N3O4/c1-2-18(24-19(26)11-10-15-7-4-3-5-8-15)21(28)23-17(14-25)13-16-9-6-12-22-20(16)27/h3-5,7-8,10-11,14,16-18H,2,6,9,12-13H2,1H3,(H,22,27)(H,23,28)(H,24,26)/t16-,17-,18-/m0/s1. The molecule has 3 atom stereocenters. The van der Waals surface area contributed by atoms with Crippen molar-refractivity contribution < 1.29 is 19.2 Å². The van der Waals surface area contributed by atoms with Crippen molar-refractivity contribution in [3.8, 4) is 0 Å². The lowest BCUT2D eigenvalue weighted by Gasteiger charge is -2.25. The molecule has 1 fully saturated rings. The summed E-state index contributed by atoms with van der Waals surface area (Å²) < 4.78 is 0. The SMILES string of the molecule is CC[C@H](NC(=O)C=Cc1ccccc1)C(=O)N[C@H](C=O)C[C@@H]1CCCNC1=O. The van der Waals surface area contributed by atoms with Crippen LogP contribution in [-0.2, 0) is 19.2 Å². The van der Waals surface area contributed by atoms with Crippen molar-refractivity contribution in [3.05, 3.63) is 42.0 Å². The fourth-order valence-corrected chi connectivity index (χ4v) is 3.11. The summed E-state index contributed by atoms with van der Waals surface area (Å²) in [6, 6.07) is 7.84. The maximum atomic E-state index is 12.5. The highest BCUT2D eigenvalue weighted by Gasteiger charge is 2.27. The van der Waals surface area contributed by atoms with Gasteiger partial charge in [-0.1, -0.05) is 37.3 Å². The number of aldehydes is 1. The van der Waals surface area contributed by atoms with Crippen LogP contribution >= 0.6 is 0 Å². The second kappa shape index (κ2) is 11.0. The van der Waals surface area contributed by atoms with Crippen LogP contribution in [0.2, 0.25) is 0 Å². The number of hydrogen-bond donors (Lipinski definition) is 3. The van der Waals surface area contributed by atoms with Crippen molar-refractivity contribution in [1.29, 1.82) is 0 Å². The second-order valence-corrected chi connectivity index (χ2v) is 6.83. The van der Waals surface area contributed by atoms with E-state index in [2.05, 4.69) is 16.0 Å². The van der Waals surface area contributed by atoms with Crippen LogP contribution in [0.3, 0.4) is 0 Å². The average molecular weight is 385 g/mol. The highest BCUT2D eigenvalue weighted by atomic mass is 16.2. The molecule has 3 N–H and O–H groups in total. The molecule has 7 nitrogen and oxygen atoms in total. The molecule has 0 saturated carbocycles. The Morgan fingerprint density at radius 3 is 2.64 bits per heavy atom. The van der Waals surface area contributed by atoms with E-state index in [-0.39, 0.29) is 24.2 Å². The van der Waals surface area contributed by atoms with E-state index in [1.165, 1.54) is 6.08 Å². The summed E-state index contributed by atoms with van der Waals surface area (Å²) in [5.74, 6) is -1.19. The third-order valence-corrected chi connectivity index (χ3v) is 4.70. The maximum absolute atomic E-state index is 12.5. The summed E-state index contributed by atoms with van der Waals surface area (Å²) in [4.78, 5) is 47.8. The van der Waals surface area contributed by atoms with Crippen LogP contribution in [0.4, 0.5) is 0 Å². The number of piperidine rings is 1. The van der Waals surface area contributed by atoms with Gasteiger partial charge in [0.2, 0.25) is 17.7 Å². The zero-order valence-corrected chi connectivity index (χ0v) is 16.0. The lowest BCUT2D eigenvalue weighted by atomic mass is 9.92. The quantitative estimate of drug-likeness (QED) is 0.439. The third-order valence-electron chi connectivity index (χ3n) is 4.70. The monoisotopic (exact) mass is 385 g/mol. The Balaban J connectivity index is 1.88. The summed E-state index contributed by atoms with van der Waals surface area (Å²) in [7, 11) is 0. The normalized spacial score (nSPS) is 18.8. The molecule has 2 rings (SSSR count). The largest absolute Gasteiger partial charge is 0.356 e. The van der Waals surface area contributed by atoms with E-state index in [1.54, 1.807) is 13.0 Å². The van der Waals surface area contributed by atoms with Crippen LogP contribution < -0.4 is 16.0 Å². The highest BCUT2D eigenvalue weighted by Crippen LogP contribution is 2.17. The van der Waals surface area contributed by atoms with Gasteiger partial charge < -0.3 is 20.7 Å². The van der Waals surface area contributed by atoms with Gasteiger partial charge in [-0.05, 0) is 37.3 Å². The van der Waals surface area contributed by atoms with E-state index in [0.717, 1.165) is 12.0 Å². The van der Waals surface area contributed by atoms with Gasteiger partial charge in [0, 0.05) is 18.5 Å². The Morgan fingerprint density at radius 1 is 1.25 bits per heavy atom. The minimum absolute atomic E-state index is 0.0845. The predicted molar refractivity (Wildman–Crippen MR) is 106 cm³/mol. The first kappa shape index (κ1) is 21.3. The van der Waals surface area contributed by atoms with Crippen molar-refractivity contribution in [1.82, 2.24) is 16.0 Å². The summed E-state index contributed by atoms with van der Waals surface area (Å²) in [5.41, 5.74) is 0.877. The molecule has 0 aromatic heterocycles. The predicted octanol–water partition coefficient (Wildman–Crippen LogP) is 1.19. The molecule has 0 aliphatic carbocycles. The molecule has 1 heterocycles. The summed E-state index contributed by atoms with van der Waals surface area (Å²) in [6.45, 7) is 2.42. The van der Waals surface area contributed by atoms with Crippen LogP contribution in [0.15, 0.2) is 36.4 Å². The smallest absolute Gasteiger partial charge is 0.244 e. The summed E-state index contributed by atoms with van der Waals surface area (Å²) >= 11 is 0. The number of nitrogens with one attached hydrogen (secondary N) is 3. The first-order valence-corrected chi connectivity index (χ1v) is 9.60. The first-order valence-electron chi connectivity index (χ1n) is 9.60. The van der Waals surface area contributed by atoms with E-state index in [4.69, 9.17) is 0 Å². The van der Waals surface area contributed by atoms with Crippen molar-refractivity contribution in [2.24, 2.45) is 5.92 Å². The minimum Gasteiger partial charge on any atom is -0.356 e. The zero-order chi connectivity index (χ0) is 20.4. The van der Waals surface area contributed by atoms with Gasteiger partial charge >= 0.3 is 0 Å².